The number of hydrogen-bond acceptors (Lipinski definition) is 2. The van der Waals surface area contributed by atoms with Crippen LogP contribution in [0.4, 0.5) is 11.4 Å². The molecule has 0 spiro atoms. The average Bonchev–Trinajstić information content (AvgIpc) is 3.06. The Bertz CT molecular complexity index is 1200. The van der Waals surface area contributed by atoms with E-state index in [1.807, 2.05) is 11.3 Å². The minimum atomic E-state index is 0.228. The fourth-order valence-corrected chi connectivity index (χ4v) is 5.84. The predicted octanol–water partition coefficient (Wildman–Crippen LogP) is 8.15. The largest absolute Gasteiger partial charge is 0.354 e. The van der Waals surface area contributed by atoms with Crippen molar-refractivity contribution >= 4 is 42.9 Å². The van der Waals surface area contributed by atoms with Crippen LogP contribution >= 0.6 is 11.3 Å². The summed E-state index contributed by atoms with van der Waals surface area (Å²) in [6, 6.07) is 22.3. The van der Waals surface area contributed by atoms with E-state index in [0.29, 0.717) is 0 Å². The zero-order valence-electron chi connectivity index (χ0n) is 17.1. The molecule has 1 aromatic heterocycles. The van der Waals surface area contributed by atoms with Crippen LogP contribution in [0, 0.1) is 0 Å². The molecule has 0 aliphatic heterocycles. The van der Waals surface area contributed by atoms with Gasteiger partial charge in [0, 0.05) is 21.2 Å². The van der Waals surface area contributed by atoms with Crippen molar-refractivity contribution in [2.75, 3.05) is 5.32 Å². The molecule has 5 rings (SSSR count). The minimum Gasteiger partial charge on any atom is -0.354 e. The molecule has 4 aromatic rings. The first-order valence-corrected chi connectivity index (χ1v) is 11.0. The third-order valence-corrected chi connectivity index (χ3v) is 7.76. The first-order chi connectivity index (χ1) is 13.4. The number of hydrogen-bond donors (Lipinski definition) is 1. The molecule has 2 heteroatoms. The maximum atomic E-state index is 3.73. The van der Waals surface area contributed by atoms with Crippen molar-refractivity contribution in [3.05, 3.63) is 71.8 Å². The zero-order valence-corrected chi connectivity index (χ0v) is 17.9. The van der Waals surface area contributed by atoms with Gasteiger partial charge in [-0.15, -0.1) is 11.3 Å². The molecular weight excluding hydrogens is 358 g/mol. The fourth-order valence-electron chi connectivity index (χ4n) is 4.67. The van der Waals surface area contributed by atoms with E-state index in [9.17, 15) is 0 Å². The van der Waals surface area contributed by atoms with Gasteiger partial charge in [0.25, 0.3) is 0 Å². The molecule has 3 aromatic carbocycles. The molecule has 0 amide bonds. The SMILES string of the molecule is CC1(C)CCC(C)(C)c2cc(Nc3cccc4c3sc3ccccc34)ccc21. The van der Waals surface area contributed by atoms with Gasteiger partial charge in [0.1, 0.15) is 0 Å². The van der Waals surface area contributed by atoms with Crippen molar-refractivity contribution < 1.29 is 0 Å². The fraction of sp³-hybridized carbons (Fsp3) is 0.308. The van der Waals surface area contributed by atoms with Crippen LogP contribution in [0.25, 0.3) is 20.2 Å². The molecule has 0 atom stereocenters. The molecule has 28 heavy (non-hydrogen) atoms. The average molecular weight is 386 g/mol. The van der Waals surface area contributed by atoms with Gasteiger partial charge in [0.2, 0.25) is 0 Å². The predicted molar refractivity (Wildman–Crippen MR) is 124 cm³/mol. The molecule has 1 N–H and O–H groups in total. The number of fused-ring (bicyclic) bond motifs is 4. The van der Waals surface area contributed by atoms with Crippen molar-refractivity contribution in [3.63, 3.8) is 0 Å². The summed E-state index contributed by atoms with van der Waals surface area (Å²) >= 11 is 1.87. The van der Waals surface area contributed by atoms with Gasteiger partial charge < -0.3 is 5.32 Å². The second-order valence-electron chi connectivity index (χ2n) is 9.43. The Morgan fingerprint density at radius 3 is 2.29 bits per heavy atom. The van der Waals surface area contributed by atoms with E-state index in [1.54, 1.807) is 0 Å². The van der Waals surface area contributed by atoms with E-state index in [0.717, 1.165) is 0 Å². The number of nitrogens with one attached hydrogen (secondary N) is 1. The molecule has 0 saturated carbocycles. The zero-order chi connectivity index (χ0) is 19.5. The first kappa shape index (κ1) is 17.8. The Morgan fingerprint density at radius 2 is 1.46 bits per heavy atom. The van der Waals surface area contributed by atoms with E-state index in [4.69, 9.17) is 0 Å². The quantitative estimate of drug-likeness (QED) is 0.367. The van der Waals surface area contributed by atoms with Crippen molar-refractivity contribution in [3.8, 4) is 0 Å². The molecular formula is C26H27NS. The Hall–Kier alpha value is -2.32. The minimum absolute atomic E-state index is 0.228. The first-order valence-electron chi connectivity index (χ1n) is 10.2. The van der Waals surface area contributed by atoms with Crippen LogP contribution in [0.2, 0.25) is 0 Å². The van der Waals surface area contributed by atoms with Crippen LogP contribution in [0.15, 0.2) is 60.7 Å². The topological polar surface area (TPSA) is 12.0 Å². The van der Waals surface area contributed by atoms with E-state index in [1.165, 1.54) is 55.5 Å². The van der Waals surface area contributed by atoms with Gasteiger partial charge >= 0.3 is 0 Å². The van der Waals surface area contributed by atoms with Gasteiger partial charge in [-0.2, -0.15) is 0 Å². The highest BCUT2D eigenvalue weighted by Crippen LogP contribution is 2.47. The molecule has 1 nitrogen and oxygen atoms in total. The van der Waals surface area contributed by atoms with Crippen molar-refractivity contribution in [2.45, 2.75) is 51.4 Å². The van der Waals surface area contributed by atoms with E-state index < -0.39 is 0 Å². The normalized spacial score (nSPS) is 17.6. The smallest absolute Gasteiger partial charge is 0.0590 e. The molecule has 1 aliphatic carbocycles. The molecule has 0 fully saturated rings. The highest BCUT2D eigenvalue weighted by Gasteiger charge is 2.36. The Morgan fingerprint density at radius 1 is 0.750 bits per heavy atom. The number of rotatable bonds is 2. The molecule has 0 unspecified atom stereocenters. The maximum absolute atomic E-state index is 3.73. The number of benzene rings is 3. The highest BCUT2D eigenvalue weighted by molar-refractivity contribution is 7.26. The summed E-state index contributed by atoms with van der Waals surface area (Å²) in [5.74, 6) is 0. The summed E-state index contributed by atoms with van der Waals surface area (Å²) in [6.45, 7) is 9.54. The maximum Gasteiger partial charge on any atom is 0.0590 e. The second kappa shape index (κ2) is 6.09. The summed E-state index contributed by atoms with van der Waals surface area (Å²) in [6.07, 6.45) is 2.49. The molecule has 1 aliphatic rings. The molecule has 0 radical (unpaired) electrons. The van der Waals surface area contributed by atoms with Gasteiger partial charge in [-0.3, -0.25) is 0 Å². The summed E-state index contributed by atoms with van der Waals surface area (Å²) in [5, 5.41) is 6.42. The van der Waals surface area contributed by atoms with Gasteiger partial charge in [0.05, 0.1) is 10.4 Å². The number of thiophene rings is 1. The third-order valence-electron chi connectivity index (χ3n) is 6.54. The lowest BCUT2D eigenvalue weighted by atomic mass is 9.63. The summed E-state index contributed by atoms with van der Waals surface area (Å²) in [5.41, 5.74) is 5.88. The molecule has 1 heterocycles. The van der Waals surface area contributed by atoms with Gasteiger partial charge in [-0.05, 0) is 59.1 Å². The van der Waals surface area contributed by atoms with Crippen LogP contribution in [-0.4, -0.2) is 0 Å². The van der Waals surface area contributed by atoms with E-state index in [2.05, 4.69) is 93.7 Å². The lowest BCUT2D eigenvalue weighted by molar-refractivity contribution is 0.332. The standard InChI is InChI=1S/C26H27NS/c1-25(2)14-15-26(3,4)21-16-17(12-13-20(21)25)27-22-10-7-9-19-18-8-5-6-11-23(18)28-24(19)22/h5-13,16,27H,14-15H2,1-4H3. The Kier molecular flexibility index (Phi) is 3.86. The highest BCUT2D eigenvalue weighted by atomic mass is 32.1. The van der Waals surface area contributed by atoms with Crippen molar-refractivity contribution in [1.29, 1.82) is 0 Å². The van der Waals surface area contributed by atoms with Crippen molar-refractivity contribution in [2.24, 2.45) is 0 Å². The van der Waals surface area contributed by atoms with Crippen LogP contribution in [0.1, 0.15) is 51.7 Å². The summed E-state index contributed by atoms with van der Waals surface area (Å²) in [4.78, 5) is 0. The van der Waals surface area contributed by atoms with Crippen molar-refractivity contribution in [1.82, 2.24) is 0 Å². The van der Waals surface area contributed by atoms with Gasteiger partial charge in [-0.25, -0.2) is 0 Å². The lowest BCUT2D eigenvalue weighted by Crippen LogP contribution is -2.33. The Balaban J connectivity index is 1.61. The number of anilines is 2. The van der Waals surface area contributed by atoms with E-state index in [-0.39, 0.29) is 10.8 Å². The van der Waals surface area contributed by atoms with Gasteiger partial charge in [0.15, 0.2) is 0 Å². The second-order valence-corrected chi connectivity index (χ2v) is 10.5. The molecule has 0 bridgehead atoms. The Labute approximate surface area is 171 Å². The van der Waals surface area contributed by atoms with Crippen LogP contribution in [0.5, 0.6) is 0 Å². The third kappa shape index (κ3) is 2.74. The lowest BCUT2D eigenvalue weighted by Gasteiger charge is -2.42. The van der Waals surface area contributed by atoms with E-state index >= 15 is 0 Å². The monoisotopic (exact) mass is 385 g/mol. The van der Waals surface area contributed by atoms with Crippen LogP contribution in [-0.2, 0) is 10.8 Å². The summed E-state index contributed by atoms with van der Waals surface area (Å²) < 4.78 is 2.68. The summed E-state index contributed by atoms with van der Waals surface area (Å²) in [7, 11) is 0. The van der Waals surface area contributed by atoms with Crippen LogP contribution in [0.3, 0.4) is 0 Å². The molecule has 142 valence electrons. The van der Waals surface area contributed by atoms with Crippen LogP contribution < -0.4 is 5.32 Å². The molecule has 0 saturated heterocycles. The van der Waals surface area contributed by atoms with Gasteiger partial charge in [-0.1, -0.05) is 64.1 Å².